The van der Waals surface area contributed by atoms with Gasteiger partial charge in [-0.1, -0.05) is 48.2 Å². The van der Waals surface area contributed by atoms with Gasteiger partial charge in [0.2, 0.25) is 0 Å². The quantitative estimate of drug-likeness (QED) is 0.817. The molecule has 2 aromatic rings. The molecule has 1 aliphatic heterocycles. The summed E-state index contributed by atoms with van der Waals surface area (Å²) in [4.78, 5) is 14.0. The lowest BCUT2D eigenvalue weighted by atomic mass is 10.2. The summed E-state index contributed by atoms with van der Waals surface area (Å²) in [6, 6.07) is 18.7. The van der Waals surface area contributed by atoms with Crippen LogP contribution in [-0.4, -0.2) is 16.8 Å². The average Bonchev–Trinajstić information content (AvgIpc) is 2.61. The molecule has 1 amide bonds. The van der Waals surface area contributed by atoms with Crippen LogP contribution in [0.5, 0.6) is 5.75 Å². The predicted octanol–water partition coefficient (Wildman–Crippen LogP) is 3.82. The Hall–Kier alpha value is -2.36. The molecule has 0 bridgehead atoms. The van der Waals surface area contributed by atoms with Crippen LogP contribution in [0.2, 0.25) is 0 Å². The van der Waals surface area contributed by atoms with E-state index in [1.807, 2.05) is 42.5 Å². The monoisotopic (exact) mass is 354 g/mol. The topological polar surface area (TPSA) is 73.1 Å². The summed E-state index contributed by atoms with van der Waals surface area (Å²) in [7, 11) is 0. The molecule has 0 aliphatic carbocycles. The summed E-state index contributed by atoms with van der Waals surface area (Å²) in [6.45, 7) is 0. The van der Waals surface area contributed by atoms with Gasteiger partial charge in [0, 0.05) is 21.1 Å². The summed E-state index contributed by atoms with van der Waals surface area (Å²) >= 11 is 2.98. The molecule has 1 aliphatic rings. The molecule has 0 radical (unpaired) electrons. The van der Waals surface area contributed by atoms with E-state index in [9.17, 15) is 15.2 Å². The number of rotatable bonds is 4. The van der Waals surface area contributed by atoms with Gasteiger partial charge in [0.15, 0.2) is 0 Å². The van der Waals surface area contributed by atoms with Gasteiger partial charge in [0.1, 0.15) is 22.8 Å². The number of carbonyl (C=O) groups is 1. The molecule has 120 valence electrons. The number of para-hydroxylation sites is 1. The minimum atomic E-state index is -0.401. The molecule has 0 saturated carbocycles. The Morgan fingerprint density at radius 2 is 1.88 bits per heavy atom. The lowest BCUT2D eigenvalue weighted by Gasteiger charge is -2.26. The first-order chi connectivity index (χ1) is 11.7. The second kappa shape index (κ2) is 7.47. The maximum Gasteiger partial charge on any atom is 0.263 e. The van der Waals surface area contributed by atoms with E-state index in [0.717, 1.165) is 9.80 Å². The molecule has 6 heteroatoms. The van der Waals surface area contributed by atoms with Crippen molar-refractivity contribution in [2.24, 2.45) is 0 Å². The van der Waals surface area contributed by atoms with Crippen LogP contribution >= 0.6 is 23.5 Å². The number of hydrogen-bond acceptors (Lipinski definition) is 5. The van der Waals surface area contributed by atoms with Crippen LogP contribution in [0.15, 0.2) is 70.0 Å². The van der Waals surface area contributed by atoms with Gasteiger partial charge in [-0.15, -0.1) is 11.8 Å². The maximum atomic E-state index is 12.2. The molecule has 0 fully saturated rings. The number of aromatic hydroxyl groups is 1. The van der Waals surface area contributed by atoms with Crippen molar-refractivity contribution in [2.45, 2.75) is 10.3 Å². The van der Waals surface area contributed by atoms with Crippen molar-refractivity contribution in [1.29, 1.82) is 5.26 Å². The molecule has 24 heavy (non-hydrogen) atoms. The highest BCUT2D eigenvalue weighted by Gasteiger charge is 2.29. The Kier molecular flexibility index (Phi) is 5.14. The molecular formula is C18H14N2O2S2. The van der Waals surface area contributed by atoms with Crippen LogP contribution in [0, 0.1) is 11.3 Å². The van der Waals surface area contributed by atoms with Crippen LogP contribution < -0.4 is 5.32 Å². The highest BCUT2D eigenvalue weighted by molar-refractivity contribution is 8.06. The highest BCUT2D eigenvalue weighted by atomic mass is 32.2. The molecule has 0 spiro atoms. The van der Waals surface area contributed by atoms with Gasteiger partial charge in [-0.3, -0.25) is 4.79 Å². The number of phenolic OH excluding ortho intramolecular Hbond substituents is 1. The first-order valence-corrected chi connectivity index (χ1v) is 9.12. The van der Waals surface area contributed by atoms with Crippen LogP contribution in [-0.2, 0) is 4.79 Å². The van der Waals surface area contributed by atoms with E-state index in [4.69, 9.17) is 0 Å². The van der Waals surface area contributed by atoms with Gasteiger partial charge in [-0.05, 0) is 18.2 Å². The number of thioether (sulfide) groups is 2. The number of amides is 1. The van der Waals surface area contributed by atoms with E-state index in [1.165, 1.54) is 11.8 Å². The van der Waals surface area contributed by atoms with Gasteiger partial charge in [0.25, 0.3) is 5.91 Å². The normalized spacial score (nSPS) is 17.3. The minimum absolute atomic E-state index is 0.130. The van der Waals surface area contributed by atoms with Gasteiger partial charge < -0.3 is 10.4 Å². The lowest BCUT2D eigenvalue weighted by molar-refractivity contribution is -0.117. The number of nitrogens with zero attached hydrogens (tertiary/aromatic N) is 1. The third-order valence-corrected chi connectivity index (χ3v) is 5.93. The first-order valence-electron chi connectivity index (χ1n) is 7.25. The van der Waals surface area contributed by atoms with Crippen LogP contribution in [0.4, 0.5) is 0 Å². The maximum absolute atomic E-state index is 12.2. The van der Waals surface area contributed by atoms with Crippen molar-refractivity contribution in [2.75, 3.05) is 5.75 Å². The lowest BCUT2D eigenvalue weighted by Crippen LogP contribution is -2.32. The number of hydrogen-bond donors (Lipinski definition) is 2. The van der Waals surface area contributed by atoms with Crippen molar-refractivity contribution < 1.29 is 9.90 Å². The largest absolute Gasteiger partial charge is 0.508 e. The van der Waals surface area contributed by atoms with Gasteiger partial charge in [-0.2, -0.15) is 5.26 Å². The highest BCUT2D eigenvalue weighted by Crippen LogP contribution is 2.42. The average molecular weight is 354 g/mol. The fourth-order valence-electron chi connectivity index (χ4n) is 2.28. The molecule has 1 unspecified atom stereocenters. The van der Waals surface area contributed by atoms with Crippen LogP contribution in [0.1, 0.15) is 10.9 Å². The van der Waals surface area contributed by atoms with Gasteiger partial charge >= 0.3 is 0 Å². The van der Waals surface area contributed by atoms with Gasteiger partial charge in [0.05, 0.1) is 0 Å². The van der Waals surface area contributed by atoms with Crippen LogP contribution in [0.3, 0.4) is 0 Å². The van der Waals surface area contributed by atoms with E-state index in [0.29, 0.717) is 11.3 Å². The number of nitrogens with one attached hydrogen (secondary N) is 1. The molecule has 4 nitrogen and oxygen atoms in total. The van der Waals surface area contributed by atoms with E-state index in [-0.39, 0.29) is 11.3 Å². The molecule has 2 aromatic carbocycles. The first kappa shape index (κ1) is 16.5. The van der Waals surface area contributed by atoms with Crippen molar-refractivity contribution >= 4 is 29.4 Å². The van der Waals surface area contributed by atoms with Crippen molar-refractivity contribution in [3.8, 4) is 11.8 Å². The zero-order chi connectivity index (χ0) is 16.9. The van der Waals surface area contributed by atoms with E-state index >= 15 is 0 Å². The van der Waals surface area contributed by atoms with Gasteiger partial charge in [-0.25, -0.2) is 0 Å². The SMILES string of the molecule is N#CC1=C(CSc2ccccc2)SC(c2ccccc2O)NC1=O. The number of nitriles is 1. The van der Waals surface area contributed by atoms with Crippen molar-refractivity contribution in [3.63, 3.8) is 0 Å². The van der Waals surface area contributed by atoms with Crippen molar-refractivity contribution in [1.82, 2.24) is 5.32 Å². The summed E-state index contributed by atoms with van der Waals surface area (Å²) < 4.78 is 0. The third kappa shape index (κ3) is 3.58. The Bertz CT molecular complexity index is 828. The molecule has 1 atom stereocenters. The number of benzene rings is 2. The van der Waals surface area contributed by atoms with E-state index < -0.39 is 11.3 Å². The summed E-state index contributed by atoms with van der Waals surface area (Å²) in [6.07, 6.45) is 0. The Balaban J connectivity index is 1.83. The smallest absolute Gasteiger partial charge is 0.263 e. The summed E-state index contributed by atoms with van der Waals surface area (Å²) in [5.74, 6) is 0.272. The predicted molar refractivity (Wildman–Crippen MR) is 96.4 cm³/mol. The standard InChI is InChI=1S/C18H14N2O2S2/c19-10-14-16(11-23-12-6-2-1-3-7-12)24-18(20-17(14)22)13-8-4-5-9-15(13)21/h1-9,18,21H,11H2,(H,20,22). The fraction of sp³-hybridized carbons (Fsp3) is 0.111. The summed E-state index contributed by atoms with van der Waals surface area (Å²) in [5.41, 5.74) is 0.783. The van der Waals surface area contributed by atoms with Crippen molar-refractivity contribution in [3.05, 3.63) is 70.6 Å². The molecule has 2 N–H and O–H groups in total. The Morgan fingerprint density at radius 3 is 2.58 bits per heavy atom. The van der Waals surface area contributed by atoms with E-state index in [1.54, 1.807) is 30.0 Å². The molecular weight excluding hydrogens is 340 g/mol. The molecule has 1 heterocycles. The third-order valence-electron chi connectivity index (χ3n) is 3.47. The number of phenols is 1. The number of carbonyl (C=O) groups excluding carboxylic acids is 1. The second-order valence-electron chi connectivity index (χ2n) is 5.04. The second-order valence-corrected chi connectivity index (χ2v) is 7.29. The Labute approximate surface area is 148 Å². The molecule has 0 aromatic heterocycles. The Morgan fingerprint density at radius 1 is 1.17 bits per heavy atom. The zero-order valence-corrected chi connectivity index (χ0v) is 14.2. The van der Waals surface area contributed by atoms with Crippen LogP contribution in [0.25, 0.3) is 0 Å². The zero-order valence-electron chi connectivity index (χ0n) is 12.6. The fourth-order valence-corrected chi connectivity index (χ4v) is 4.56. The van der Waals surface area contributed by atoms with E-state index in [2.05, 4.69) is 5.32 Å². The molecule has 0 saturated heterocycles. The summed E-state index contributed by atoms with van der Waals surface area (Å²) in [5, 5.41) is 21.7. The minimum Gasteiger partial charge on any atom is -0.508 e. The molecule has 3 rings (SSSR count).